The number of hydroxylamine groups is 1. The van der Waals surface area contributed by atoms with Crippen LogP contribution in [-0.4, -0.2) is 61.9 Å². The Morgan fingerprint density at radius 1 is 0.958 bits per heavy atom. The zero-order valence-corrected chi connectivity index (χ0v) is 26.1. The molecular formula is C35H36N6O7. The van der Waals surface area contributed by atoms with E-state index in [1.807, 2.05) is 47.2 Å². The molecule has 6 rings (SSSR count). The number of aromatic nitrogens is 1. The van der Waals surface area contributed by atoms with Gasteiger partial charge in [0.05, 0.1) is 0 Å². The number of fused-ring (bicyclic) bond motifs is 2. The maximum atomic E-state index is 13.1. The molecule has 0 aliphatic carbocycles. The third-order valence-electron chi connectivity index (χ3n) is 8.76. The van der Waals surface area contributed by atoms with Gasteiger partial charge in [-0.15, -0.1) is 0 Å². The van der Waals surface area contributed by atoms with Crippen LogP contribution in [0.4, 0.5) is 11.4 Å². The molecule has 5 amide bonds. The monoisotopic (exact) mass is 652 g/mol. The van der Waals surface area contributed by atoms with Gasteiger partial charge in [-0.3, -0.25) is 39.4 Å². The molecule has 1 fully saturated rings. The highest BCUT2D eigenvalue weighted by atomic mass is 16.5. The maximum Gasteiger partial charge on any atom is 0.274 e. The first-order valence-electron chi connectivity index (χ1n) is 15.9. The molecule has 248 valence electrons. The van der Waals surface area contributed by atoms with Crippen LogP contribution in [0.5, 0.6) is 0 Å². The second-order valence-electron chi connectivity index (χ2n) is 12.0. The predicted octanol–water partition coefficient (Wildman–Crippen LogP) is 3.67. The van der Waals surface area contributed by atoms with Crippen LogP contribution in [0.25, 0.3) is 10.9 Å². The fourth-order valence-electron chi connectivity index (χ4n) is 6.28. The van der Waals surface area contributed by atoms with Gasteiger partial charge in [-0.25, -0.2) is 5.48 Å². The summed E-state index contributed by atoms with van der Waals surface area (Å²) in [7, 11) is 0. The Morgan fingerprint density at radius 2 is 1.77 bits per heavy atom. The molecule has 4 aromatic rings. The van der Waals surface area contributed by atoms with E-state index in [2.05, 4.69) is 16.0 Å². The second kappa shape index (κ2) is 14.1. The van der Waals surface area contributed by atoms with Crippen LogP contribution in [0.15, 0.2) is 72.9 Å². The topological polar surface area (TPSA) is 182 Å². The van der Waals surface area contributed by atoms with E-state index >= 15 is 0 Å². The molecule has 0 radical (unpaired) electrons. The standard InChI is InChI=1S/C35H36N6O7/c42-29(37-24-12-8-21(9-13-24)20-40-18-16-22-10-11-23(19-28(22)40)32(44)39-48)7-2-1-3-17-36-26-6-4-5-25-31(26)35(47)41(34(25)46)27-14-15-30(43)38-33(27)45/h4-6,8-13,16,18-19,27,35-36,47-48H,1-3,7,14-15,17,20H2,(H,37,42)(H,39,44)(H,38,43,45). The number of anilines is 2. The molecule has 0 bridgehead atoms. The number of nitrogens with one attached hydrogen (secondary N) is 4. The summed E-state index contributed by atoms with van der Waals surface area (Å²) in [5.41, 5.74) is 5.93. The van der Waals surface area contributed by atoms with Crippen molar-refractivity contribution in [1.82, 2.24) is 20.3 Å². The Morgan fingerprint density at radius 3 is 2.54 bits per heavy atom. The highest BCUT2D eigenvalue weighted by molar-refractivity contribution is 6.06. The fraction of sp³-hybridized carbons (Fsp3) is 0.286. The van der Waals surface area contributed by atoms with E-state index in [1.54, 1.807) is 35.8 Å². The molecule has 1 saturated heterocycles. The number of carbonyl (C=O) groups is 5. The van der Waals surface area contributed by atoms with Crippen LogP contribution < -0.4 is 21.4 Å². The van der Waals surface area contributed by atoms with Gasteiger partial charge in [0, 0.05) is 65.7 Å². The number of rotatable bonds is 12. The van der Waals surface area contributed by atoms with E-state index in [9.17, 15) is 29.1 Å². The minimum Gasteiger partial charge on any atom is -0.385 e. The lowest BCUT2D eigenvalue weighted by molar-refractivity contribution is -0.139. The summed E-state index contributed by atoms with van der Waals surface area (Å²) < 4.78 is 2.01. The molecule has 2 atom stereocenters. The summed E-state index contributed by atoms with van der Waals surface area (Å²) in [5.74, 6) is -2.08. The lowest BCUT2D eigenvalue weighted by atomic mass is 10.0. The third kappa shape index (κ3) is 6.77. The summed E-state index contributed by atoms with van der Waals surface area (Å²) in [6.07, 6.45) is 3.47. The number of aliphatic hydroxyl groups is 1. The zero-order chi connectivity index (χ0) is 33.8. The van der Waals surface area contributed by atoms with Gasteiger partial charge in [0.15, 0.2) is 6.23 Å². The molecule has 2 aliphatic rings. The van der Waals surface area contributed by atoms with E-state index in [1.165, 1.54) is 0 Å². The summed E-state index contributed by atoms with van der Waals surface area (Å²) in [5, 5.41) is 29.4. The van der Waals surface area contributed by atoms with E-state index in [0.717, 1.165) is 34.2 Å². The highest BCUT2D eigenvalue weighted by Crippen LogP contribution is 2.39. The van der Waals surface area contributed by atoms with Gasteiger partial charge in [-0.2, -0.15) is 0 Å². The van der Waals surface area contributed by atoms with Crippen LogP contribution >= 0.6 is 0 Å². The van der Waals surface area contributed by atoms with Crippen molar-refractivity contribution in [2.75, 3.05) is 17.2 Å². The highest BCUT2D eigenvalue weighted by Gasteiger charge is 2.45. The third-order valence-corrected chi connectivity index (χ3v) is 8.76. The van der Waals surface area contributed by atoms with Crippen molar-refractivity contribution in [2.24, 2.45) is 0 Å². The number of piperidine rings is 1. The molecule has 2 aliphatic heterocycles. The summed E-state index contributed by atoms with van der Waals surface area (Å²) >= 11 is 0. The quantitative estimate of drug-likeness (QED) is 0.0580. The van der Waals surface area contributed by atoms with E-state index in [0.29, 0.717) is 54.0 Å². The molecule has 13 nitrogen and oxygen atoms in total. The Labute approximate surface area is 275 Å². The van der Waals surface area contributed by atoms with Gasteiger partial charge in [0.25, 0.3) is 11.8 Å². The zero-order valence-electron chi connectivity index (χ0n) is 26.1. The van der Waals surface area contributed by atoms with Crippen molar-refractivity contribution < 1.29 is 34.3 Å². The Balaban J connectivity index is 0.942. The first kappa shape index (κ1) is 32.4. The minimum absolute atomic E-state index is 0.0853. The number of carbonyl (C=O) groups excluding carboxylic acids is 5. The maximum absolute atomic E-state index is 13.1. The lowest BCUT2D eigenvalue weighted by Gasteiger charge is -2.32. The molecular weight excluding hydrogens is 616 g/mol. The second-order valence-corrected chi connectivity index (χ2v) is 12.0. The average molecular weight is 653 g/mol. The van der Waals surface area contributed by atoms with Crippen molar-refractivity contribution in [1.29, 1.82) is 0 Å². The van der Waals surface area contributed by atoms with E-state index in [-0.39, 0.29) is 18.7 Å². The van der Waals surface area contributed by atoms with Crippen molar-refractivity contribution >= 4 is 51.8 Å². The van der Waals surface area contributed by atoms with Crippen LogP contribution in [0.3, 0.4) is 0 Å². The largest absolute Gasteiger partial charge is 0.385 e. The van der Waals surface area contributed by atoms with Crippen molar-refractivity contribution in [3.63, 3.8) is 0 Å². The number of amides is 5. The lowest BCUT2D eigenvalue weighted by Crippen LogP contribution is -2.53. The van der Waals surface area contributed by atoms with Crippen LogP contribution in [0.1, 0.15) is 76.6 Å². The Kier molecular flexibility index (Phi) is 9.50. The number of hydrogen-bond donors (Lipinski definition) is 6. The summed E-state index contributed by atoms with van der Waals surface area (Å²) in [6.45, 7) is 1.13. The SMILES string of the molecule is O=C1CCC(N2C(=O)c3cccc(NCCCCCC(=O)Nc4ccc(Cn5ccc6ccc(C(=O)NO)cc65)cc4)c3C2O)C(=O)N1. The molecule has 0 spiro atoms. The van der Waals surface area contributed by atoms with Gasteiger partial charge in [0.1, 0.15) is 6.04 Å². The number of imide groups is 1. The molecule has 3 aromatic carbocycles. The molecule has 13 heteroatoms. The molecule has 3 heterocycles. The molecule has 6 N–H and O–H groups in total. The van der Waals surface area contributed by atoms with Gasteiger partial charge >= 0.3 is 0 Å². The van der Waals surface area contributed by atoms with Gasteiger partial charge < -0.3 is 20.3 Å². The first-order chi connectivity index (χ1) is 23.2. The predicted molar refractivity (Wildman–Crippen MR) is 176 cm³/mol. The average Bonchev–Trinajstić information content (AvgIpc) is 3.60. The van der Waals surface area contributed by atoms with E-state index < -0.39 is 35.9 Å². The Bertz CT molecular complexity index is 1890. The number of benzene rings is 3. The van der Waals surface area contributed by atoms with Crippen LogP contribution in [0, 0.1) is 0 Å². The molecule has 48 heavy (non-hydrogen) atoms. The van der Waals surface area contributed by atoms with Crippen molar-refractivity contribution in [3.8, 4) is 0 Å². The molecule has 0 saturated carbocycles. The number of aliphatic hydroxyl groups excluding tert-OH is 1. The van der Waals surface area contributed by atoms with Crippen LogP contribution in [-0.2, 0) is 20.9 Å². The van der Waals surface area contributed by atoms with Crippen LogP contribution in [0.2, 0.25) is 0 Å². The van der Waals surface area contributed by atoms with Crippen molar-refractivity contribution in [3.05, 3.63) is 95.2 Å². The number of unbranched alkanes of at least 4 members (excludes halogenated alkanes) is 2. The molecule has 1 aromatic heterocycles. The number of nitrogens with zero attached hydrogens (tertiary/aromatic N) is 2. The minimum atomic E-state index is -1.30. The Hall–Kier alpha value is -5.53. The van der Waals surface area contributed by atoms with Gasteiger partial charge in [-0.1, -0.05) is 30.7 Å². The van der Waals surface area contributed by atoms with Crippen molar-refractivity contribution in [2.45, 2.75) is 57.3 Å². The smallest absolute Gasteiger partial charge is 0.274 e. The summed E-state index contributed by atoms with van der Waals surface area (Å²) in [6, 6.07) is 18.9. The fourth-order valence-corrected chi connectivity index (χ4v) is 6.28. The number of hydrogen-bond acceptors (Lipinski definition) is 8. The molecule has 2 unspecified atom stereocenters. The van der Waals surface area contributed by atoms with Gasteiger partial charge in [-0.05, 0) is 72.7 Å². The summed E-state index contributed by atoms with van der Waals surface area (Å²) in [4.78, 5) is 62.5. The first-order valence-corrected chi connectivity index (χ1v) is 15.9. The van der Waals surface area contributed by atoms with Gasteiger partial charge in [0.2, 0.25) is 17.7 Å². The normalized spacial score (nSPS) is 17.3. The van der Waals surface area contributed by atoms with E-state index in [4.69, 9.17) is 5.21 Å².